The van der Waals surface area contributed by atoms with E-state index in [0.717, 1.165) is 40.8 Å². The summed E-state index contributed by atoms with van der Waals surface area (Å²) in [6.07, 6.45) is 1.86. The molecule has 1 aliphatic rings. The van der Waals surface area contributed by atoms with Gasteiger partial charge in [-0.15, -0.1) is 0 Å². The number of methoxy groups -OCH3 is 2. The minimum atomic E-state index is -0.606. The van der Waals surface area contributed by atoms with Gasteiger partial charge < -0.3 is 14.2 Å². The number of esters is 1. The van der Waals surface area contributed by atoms with Crippen LogP contribution in [0.2, 0.25) is 0 Å². The molecule has 1 aliphatic carbocycles. The van der Waals surface area contributed by atoms with Crippen LogP contribution >= 0.6 is 0 Å². The van der Waals surface area contributed by atoms with Crippen LogP contribution in [0.5, 0.6) is 11.5 Å². The van der Waals surface area contributed by atoms with Crippen LogP contribution in [-0.2, 0) is 28.0 Å². The summed E-state index contributed by atoms with van der Waals surface area (Å²) in [5.41, 5.74) is 5.01. The van der Waals surface area contributed by atoms with Gasteiger partial charge in [0.1, 0.15) is 23.9 Å². The Kier molecular flexibility index (Phi) is 7.36. The number of hydrogen-bond acceptors (Lipinski definition) is 4. The average molecular weight is 505 g/mol. The number of ether oxygens (including phenoxy) is 3. The van der Waals surface area contributed by atoms with Crippen LogP contribution in [0.25, 0.3) is 11.1 Å². The molecule has 0 fully saturated rings. The van der Waals surface area contributed by atoms with Gasteiger partial charge in [0.2, 0.25) is 0 Å². The van der Waals surface area contributed by atoms with E-state index in [1.807, 2.05) is 32.0 Å². The summed E-state index contributed by atoms with van der Waals surface area (Å²) in [6, 6.07) is 17.0. The molecule has 0 saturated carbocycles. The molecule has 196 valence electrons. The van der Waals surface area contributed by atoms with E-state index in [4.69, 9.17) is 14.2 Å². The number of benzene rings is 3. The zero-order chi connectivity index (χ0) is 27.0. The van der Waals surface area contributed by atoms with Crippen molar-refractivity contribution < 1.29 is 23.4 Å². The second kappa shape index (κ2) is 10.2. The van der Waals surface area contributed by atoms with Crippen LogP contribution in [-0.4, -0.2) is 20.2 Å². The molecule has 0 N–H and O–H groups in total. The molecule has 0 amide bonds. The van der Waals surface area contributed by atoms with Crippen LogP contribution in [0.4, 0.5) is 4.39 Å². The highest BCUT2D eigenvalue weighted by atomic mass is 19.1. The Balaban J connectivity index is 1.60. The van der Waals surface area contributed by atoms with Crippen molar-refractivity contribution in [2.24, 2.45) is 5.41 Å². The SMILES string of the molecule is COC(=O)C(C)(C)[C@H]1CCc2ccc(OCc3ccc(-c4cc(OC)ccc4F)c(C(C)(C)C)c3)cc21. The highest BCUT2D eigenvalue weighted by Gasteiger charge is 2.42. The van der Waals surface area contributed by atoms with Gasteiger partial charge in [-0.3, -0.25) is 4.79 Å². The number of halogens is 1. The van der Waals surface area contributed by atoms with Crippen molar-refractivity contribution in [1.29, 1.82) is 0 Å². The topological polar surface area (TPSA) is 44.8 Å². The lowest BCUT2D eigenvalue weighted by Crippen LogP contribution is -2.31. The van der Waals surface area contributed by atoms with E-state index in [9.17, 15) is 9.18 Å². The zero-order valence-electron chi connectivity index (χ0n) is 22.9. The Hall–Kier alpha value is -3.34. The van der Waals surface area contributed by atoms with Crippen LogP contribution in [0.15, 0.2) is 54.6 Å². The first-order valence-electron chi connectivity index (χ1n) is 12.8. The van der Waals surface area contributed by atoms with Gasteiger partial charge in [0.15, 0.2) is 0 Å². The third-order valence-corrected chi connectivity index (χ3v) is 7.54. The van der Waals surface area contributed by atoms with Crippen LogP contribution in [0.3, 0.4) is 0 Å². The van der Waals surface area contributed by atoms with Crippen LogP contribution in [0, 0.1) is 11.2 Å². The van der Waals surface area contributed by atoms with Gasteiger partial charge in [-0.25, -0.2) is 4.39 Å². The molecule has 0 heterocycles. The van der Waals surface area contributed by atoms with E-state index in [1.165, 1.54) is 18.7 Å². The molecule has 4 rings (SSSR count). The van der Waals surface area contributed by atoms with Crippen molar-refractivity contribution >= 4 is 5.97 Å². The van der Waals surface area contributed by atoms with Gasteiger partial charge >= 0.3 is 5.97 Å². The summed E-state index contributed by atoms with van der Waals surface area (Å²) in [5.74, 6) is 1.00. The molecule has 0 aliphatic heterocycles. The van der Waals surface area contributed by atoms with E-state index >= 15 is 0 Å². The van der Waals surface area contributed by atoms with Crippen molar-refractivity contribution in [3.05, 3.63) is 82.7 Å². The second-order valence-corrected chi connectivity index (χ2v) is 11.4. The van der Waals surface area contributed by atoms with E-state index in [1.54, 1.807) is 19.2 Å². The lowest BCUT2D eigenvalue weighted by molar-refractivity contribution is -0.152. The standard InChI is InChI=1S/C32H37FO4/c1-31(2,3)28-16-20(8-13-24(28)26-17-22(35-6)12-15-29(26)33)19-37-23-11-9-21-10-14-27(25(21)18-23)32(4,5)30(34)36-7/h8-9,11-13,15-18,27H,10,14,19H2,1-7H3/t27-/m0/s1. The van der Waals surface area contributed by atoms with Gasteiger partial charge in [0.25, 0.3) is 0 Å². The molecule has 0 radical (unpaired) electrons. The Bertz CT molecular complexity index is 1300. The number of rotatable bonds is 7. The van der Waals surface area contributed by atoms with Gasteiger partial charge in [-0.2, -0.15) is 0 Å². The quantitative estimate of drug-likeness (QED) is 0.311. The largest absolute Gasteiger partial charge is 0.497 e. The molecule has 0 saturated heterocycles. The lowest BCUT2D eigenvalue weighted by atomic mass is 9.75. The lowest BCUT2D eigenvalue weighted by Gasteiger charge is -2.29. The van der Waals surface area contributed by atoms with E-state index in [-0.39, 0.29) is 23.1 Å². The zero-order valence-corrected chi connectivity index (χ0v) is 22.9. The first-order valence-corrected chi connectivity index (χ1v) is 12.8. The van der Waals surface area contributed by atoms with Crippen molar-refractivity contribution in [3.63, 3.8) is 0 Å². The molecule has 1 atom stereocenters. The minimum absolute atomic E-state index is 0.0861. The van der Waals surface area contributed by atoms with E-state index < -0.39 is 5.41 Å². The summed E-state index contributed by atoms with van der Waals surface area (Å²) < 4.78 is 31.5. The predicted molar refractivity (Wildman–Crippen MR) is 145 cm³/mol. The summed E-state index contributed by atoms with van der Waals surface area (Å²) in [7, 11) is 3.03. The average Bonchev–Trinajstić information content (AvgIpc) is 3.31. The highest BCUT2D eigenvalue weighted by molar-refractivity contribution is 5.77. The third-order valence-electron chi connectivity index (χ3n) is 7.54. The fourth-order valence-corrected chi connectivity index (χ4v) is 5.37. The van der Waals surface area contributed by atoms with Crippen molar-refractivity contribution in [2.75, 3.05) is 14.2 Å². The molecular weight excluding hydrogens is 467 g/mol. The Morgan fingerprint density at radius 1 is 0.919 bits per heavy atom. The molecule has 4 nitrogen and oxygen atoms in total. The second-order valence-electron chi connectivity index (χ2n) is 11.4. The predicted octanol–water partition coefficient (Wildman–Crippen LogP) is 7.61. The van der Waals surface area contributed by atoms with Crippen LogP contribution < -0.4 is 9.47 Å². The number of fused-ring (bicyclic) bond motifs is 1. The van der Waals surface area contributed by atoms with Gasteiger partial charge in [0.05, 0.1) is 19.6 Å². The van der Waals surface area contributed by atoms with Crippen LogP contribution in [0.1, 0.15) is 69.2 Å². The molecule has 0 bridgehead atoms. The third kappa shape index (κ3) is 5.36. The van der Waals surface area contributed by atoms with E-state index in [2.05, 4.69) is 39.0 Å². The molecule has 5 heteroatoms. The Morgan fingerprint density at radius 2 is 1.65 bits per heavy atom. The van der Waals surface area contributed by atoms with Crippen molar-refractivity contribution in [2.45, 2.75) is 65.4 Å². The summed E-state index contributed by atoms with van der Waals surface area (Å²) in [4.78, 5) is 12.4. The Labute approximate surface area is 219 Å². The first kappa shape index (κ1) is 26.7. The smallest absolute Gasteiger partial charge is 0.311 e. The molecule has 0 aromatic heterocycles. The van der Waals surface area contributed by atoms with Crippen molar-refractivity contribution in [3.8, 4) is 22.6 Å². The fraction of sp³-hybridized carbons (Fsp3) is 0.406. The van der Waals surface area contributed by atoms with E-state index in [0.29, 0.717) is 17.9 Å². The highest BCUT2D eigenvalue weighted by Crippen LogP contribution is 2.47. The summed E-state index contributed by atoms with van der Waals surface area (Å²) in [6.45, 7) is 10.7. The van der Waals surface area contributed by atoms with Gasteiger partial charge in [0, 0.05) is 11.5 Å². The monoisotopic (exact) mass is 504 g/mol. The molecule has 0 unspecified atom stereocenters. The number of carbonyl (C=O) groups is 1. The molecule has 0 spiro atoms. The fourth-order valence-electron chi connectivity index (χ4n) is 5.37. The summed E-state index contributed by atoms with van der Waals surface area (Å²) in [5, 5.41) is 0. The molecular formula is C32H37FO4. The maximum Gasteiger partial charge on any atom is 0.311 e. The maximum atomic E-state index is 14.8. The normalized spacial score (nSPS) is 15.3. The van der Waals surface area contributed by atoms with Crippen molar-refractivity contribution in [1.82, 2.24) is 0 Å². The molecule has 3 aromatic rings. The van der Waals surface area contributed by atoms with Gasteiger partial charge in [-0.1, -0.05) is 45.0 Å². The first-order chi connectivity index (χ1) is 17.5. The van der Waals surface area contributed by atoms with Gasteiger partial charge in [-0.05, 0) is 90.3 Å². The Morgan fingerprint density at radius 3 is 2.32 bits per heavy atom. The number of carbonyl (C=O) groups excluding carboxylic acids is 1. The minimum Gasteiger partial charge on any atom is -0.497 e. The molecule has 37 heavy (non-hydrogen) atoms. The number of hydrogen-bond donors (Lipinski definition) is 0. The maximum absolute atomic E-state index is 14.8. The number of aryl methyl sites for hydroxylation is 1. The summed E-state index contributed by atoms with van der Waals surface area (Å²) >= 11 is 0. The molecule has 3 aromatic carbocycles.